The molecule has 0 saturated carbocycles. The zero-order chi connectivity index (χ0) is 18.0. The quantitative estimate of drug-likeness (QED) is 0.724. The Kier molecular flexibility index (Phi) is 8.18. The second-order valence-electron chi connectivity index (χ2n) is 7.29. The van der Waals surface area contributed by atoms with Crippen LogP contribution in [0.15, 0.2) is 33.9 Å². The van der Waals surface area contributed by atoms with Crippen LogP contribution in [0.25, 0.3) is 0 Å². The Hall–Kier alpha value is -1.28. The fraction of sp³-hybridized carbons (Fsp3) is 0.526. The van der Waals surface area contributed by atoms with Gasteiger partial charge in [-0.1, -0.05) is 16.9 Å². The number of hydrogen-bond donors (Lipinski definition) is 1. The van der Waals surface area contributed by atoms with E-state index in [0.29, 0.717) is 16.7 Å². The average molecular weight is 445 g/mol. The molecule has 2 aromatic heterocycles. The molecule has 4 rings (SSSR count). The zero-order valence-corrected chi connectivity index (χ0v) is 18.3. The first-order valence-corrected chi connectivity index (χ1v) is 10.1. The van der Waals surface area contributed by atoms with Crippen molar-refractivity contribution in [1.82, 2.24) is 20.4 Å². The largest absolute Gasteiger partial charge is 0.361 e. The number of nitrogens with one attached hydrogen (secondary N) is 1. The summed E-state index contributed by atoms with van der Waals surface area (Å²) in [6.45, 7) is 5.75. The highest BCUT2D eigenvalue weighted by Gasteiger charge is 2.38. The van der Waals surface area contributed by atoms with Gasteiger partial charge in [-0.3, -0.25) is 4.79 Å². The summed E-state index contributed by atoms with van der Waals surface area (Å²) in [5.74, 6) is 1.53. The molecule has 1 amide bonds. The highest BCUT2D eigenvalue weighted by Crippen LogP contribution is 2.37. The van der Waals surface area contributed by atoms with Crippen LogP contribution in [0.3, 0.4) is 0 Å². The molecule has 2 saturated heterocycles. The molecule has 2 aliphatic rings. The van der Waals surface area contributed by atoms with Gasteiger partial charge >= 0.3 is 0 Å². The van der Waals surface area contributed by atoms with Gasteiger partial charge in [0.1, 0.15) is 10.8 Å². The number of nitrogens with zero attached hydrogens (tertiary/aromatic N) is 3. The number of halogens is 2. The molecular formula is C19H26Cl2N4O2S. The number of hydrogen-bond acceptors (Lipinski definition) is 6. The number of piperidine rings is 1. The molecule has 2 aromatic rings. The third-order valence-corrected chi connectivity index (χ3v) is 6.52. The van der Waals surface area contributed by atoms with Gasteiger partial charge in [0.2, 0.25) is 0 Å². The molecule has 6 nitrogen and oxygen atoms in total. The third-order valence-electron chi connectivity index (χ3n) is 5.48. The van der Waals surface area contributed by atoms with Gasteiger partial charge < -0.3 is 14.7 Å². The van der Waals surface area contributed by atoms with Gasteiger partial charge in [-0.15, -0.1) is 24.8 Å². The van der Waals surface area contributed by atoms with Crippen molar-refractivity contribution in [3.63, 3.8) is 0 Å². The molecule has 28 heavy (non-hydrogen) atoms. The first-order valence-electron chi connectivity index (χ1n) is 9.15. The van der Waals surface area contributed by atoms with Crippen LogP contribution < -0.4 is 5.32 Å². The lowest BCUT2D eigenvalue weighted by Gasteiger charge is -2.39. The summed E-state index contributed by atoms with van der Waals surface area (Å²) in [6.07, 6.45) is 5.15. The van der Waals surface area contributed by atoms with Gasteiger partial charge in [0.25, 0.3) is 5.91 Å². The topological polar surface area (TPSA) is 71.3 Å². The minimum absolute atomic E-state index is 0. The zero-order valence-electron chi connectivity index (χ0n) is 15.8. The van der Waals surface area contributed by atoms with E-state index >= 15 is 0 Å². The summed E-state index contributed by atoms with van der Waals surface area (Å²) in [4.78, 5) is 19.5. The number of rotatable bonds is 4. The maximum Gasteiger partial charge on any atom is 0.256 e. The number of aryl methyl sites for hydroxylation is 1. The predicted octanol–water partition coefficient (Wildman–Crippen LogP) is 3.73. The summed E-state index contributed by atoms with van der Waals surface area (Å²) in [7, 11) is 0. The average Bonchev–Trinajstić information content (AvgIpc) is 3.29. The second-order valence-corrected chi connectivity index (χ2v) is 8.26. The molecule has 0 aromatic carbocycles. The highest BCUT2D eigenvalue weighted by molar-refractivity contribution is 7.98. The minimum atomic E-state index is 0. The van der Waals surface area contributed by atoms with Crippen molar-refractivity contribution in [2.75, 3.05) is 26.2 Å². The van der Waals surface area contributed by atoms with E-state index in [-0.39, 0.29) is 30.7 Å². The fourth-order valence-electron chi connectivity index (χ4n) is 3.87. The first-order chi connectivity index (χ1) is 12.7. The number of aromatic nitrogens is 2. The molecule has 0 atom stereocenters. The molecular weight excluding hydrogens is 419 g/mol. The van der Waals surface area contributed by atoms with Crippen LogP contribution in [0, 0.1) is 12.3 Å². The lowest BCUT2D eigenvalue weighted by atomic mass is 9.78. The Balaban J connectivity index is 0.00000140. The summed E-state index contributed by atoms with van der Waals surface area (Å²) in [5.41, 5.74) is 1.97. The van der Waals surface area contributed by atoms with Gasteiger partial charge in [0, 0.05) is 37.7 Å². The van der Waals surface area contributed by atoms with Crippen molar-refractivity contribution in [3.05, 3.63) is 41.4 Å². The standard InChI is InChI=1S/C19H24N4O2S.2ClH/c1-14-11-15(22-25-14)12-26-17-16(3-2-7-21-17)18(24)23-9-5-19(6-10-23)4-8-20-13-19;;/h2-3,7,11,20H,4-6,8-10,12-13H2,1H3;2*1H. The fourth-order valence-corrected chi connectivity index (χ4v) is 4.74. The molecule has 154 valence electrons. The van der Waals surface area contributed by atoms with E-state index in [0.717, 1.165) is 55.5 Å². The number of amides is 1. The van der Waals surface area contributed by atoms with Gasteiger partial charge in [-0.2, -0.15) is 0 Å². The minimum Gasteiger partial charge on any atom is -0.361 e. The highest BCUT2D eigenvalue weighted by atomic mass is 35.5. The normalized spacial score (nSPS) is 17.8. The molecule has 4 heterocycles. The van der Waals surface area contributed by atoms with Gasteiger partial charge in [0.15, 0.2) is 0 Å². The number of thioether (sulfide) groups is 1. The van der Waals surface area contributed by atoms with Crippen LogP contribution in [0.1, 0.15) is 41.1 Å². The van der Waals surface area contributed by atoms with Crippen LogP contribution in [0.2, 0.25) is 0 Å². The summed E-state index contributed by atoms with van der Waals surface area (Å²) >= 11 is 1.53. The lowest BCUT2D eigenvalue weighted by Crippen LogP contribution is -2.44. The number of carbonyl (C=O) groups excluding carboxylic acids is 1. The predicted molar refractivity (Wildman–Crippen MR) is 115 cm³/mol. The smallest absolute Gasteiger partial charge is 0.256 e. The Labute approximate surface area is 182 Å². The third kappa shape index (κ3) is 5.00. The van der Waals surface area contributed by atoms with Crippen LogP contribution in [0.4, 0.5) is 0 Å². The number of pyridine rings is 1. The van der Waals surface area contributed by atoms with E-state index in [9.17, 15) is 4.79 Å². The van der Waals surface area contributed by atoms with E-state index in [1.807, 2.05) is 30.0 Å². The maximum absolute atomic E-state index is 13.1. The monoisotopic (exact) mass is 444 g/mol. The number of carbonyl (C=O) groups is 1. The molecule has 0 aliphatic carbocycles. The van der Waals surface area contributed by atoms with Crippen LogP contribution >= 0.6 is 36.6 Å². The molecule has 2 fully saturated rings. The summed E-state index contributed by atoms with van der Waals surface area (Å²) in [5, 5.41) is 8.25. The van der Waals surface area contributed by atoms with Gasteiger partial charge in [0.05, 0.1) is 11.3 Å². The Morgan fingerprint density at radius 3 is 2.75 bits per heavy atom. The molecule has 1 N–H and O–H groups in total. The van der Waals surface area contributed by atoms with Gasteiger partial charge in [-0.25, -0.2) is 4.98 Å². The number of likely N-dealkylation sites (tertiary alicyclic amines) is 1. The van der Waals surface area contributed by atoms with Crippen LogP contribution in [0.5, 0.6) is 0 Å². The Morgan fingerprint density at radius 1 is 1.32 bits per heavy atom. The maximum atomic E-state index is 13.1. The summed E-state index contributed by atoms with van der Waals surface area (Å²) in [6, 6.07) is 5.63. The molecule has 0 unspecified atom stereocenters. The van der Waals surface area contributed by atoms with Crippen molar-refractivity contribution < 1.29 is 9.32 Å². The van der Waals surface area contributed by atoms with E-state index in [1.165, 1.54) is 18.2 Å². The van der Waals surface area contributed by atoms with Crippen molar-refractivity contribution in [1.29, 1.82) is 0 Å². The second kappa shape index (κ2) is 9.96. The van der Waals surface area contributed by atoms with Crippen molar-refractivity contribution in [2.24, 2.45) is 5.41 Å². The van der Waals surface area contributed by atoms with Crippen molar-refractivity contribution in [2.45, 2.75) is 37.0 Å². The van der Waals surface area contributed by atoms with Crippen molar-refractivity contribution in [3.8, 4) is 0 Å². The van der Waals surface area contributed by atoms with E-state index < -0.39 is 0 Å². The first kappa shape index (κ1) is 23.0. The molecule has 2 aliphatic heterocycles. The lowest BCUT2D eigenvalue weighted by molar-refractivity contribution is 0.0603. The van der Waals surface area contributed by atoms with E-state index in [1.54, 1.807) is 6.20 Å². The van der Waals surface area contributed by atoms with Crippen LogP contribution in [-0.4, -0.2) is 47.1 Å². The molecule has 0 bridgehead atoms. The SMILES string of the molecule is Cc1cc(CSc2ncccc2C(=O)N2CCC3(CCNC3)CC2)no1.Cl.Cl. The van der Waals surface area contributed by atoms with Crippen molar-refractivity contribution >= 4 is 42.5 Å². The van der Waals surface area contributed by atoms with Crippen LogP contribution in [-0.2, 0) is 5.75 Å². The Bertz CT molecular complexity index is 786. The van der Waals surface area contributed by atoms with E-state index in [4.69, 9.17) is 4.52 Å². The van der Waals surface area contributed by atoms with E-state index in [2.05, 4.69) is 15.5 Å². The molecule has 9 heteroatoms. The molecule has 0 radical (unpaired) electrons. The summed E-state index contributed by atoms with van der Waals surface area (Å²) < 4.78 is 5.11. The Morgan fingerprint density at radius 2 is 2.11 bits per heavy atom. The van der Waals surface area contributed by atoms with Gasteiger partial charge in [-0.05, 0) is 50.3 Å². The molecule has 1 spiro atoms.